The van der Waals surface area contributed by atoms with Crippen molar-refractivity contribution < 1.29 is 28.6 Å². The highest BCUT2D eigenvalue weighted by atomic mass is 16.6. The van der Waals surface area contributed by atoms with E-state index in [1.54, 1.807) is 0 Å². The van der Waals surface area contributed by atoms with Crippen molar-refractivity contribution in [3.63, 3.8) is 0 Å². The zero-order chi connectivity index (χ0) is 50.0. The molecule has 1 atom stereocenters. The van der Waals surface area contributed by atoms with Crippen molar-refractivity contribution in [1.29, 1.82) is 0 Å². The van der Waals surface area contributed by atoms with Gasteiger partial charge in [0.25, 0.3) is 0 Å². The number of carbonyl (C=O) groups is 3. The lowest BCUT2D eigenvalue weighted by Crippen LogP contribution is -2.30. The monoisotopic (exact) mass is 963 g/mol. The Labute approximate surface area is 427 Å². The molecular formula is C63H110O6. The van der Waals surface area contributed by atoms with Crippen molar-refractivity contribution in [2.24, 2.45) is 0 Å². The first-order chi connectivity index (χ1) is 34.0. The van der Waals surface area contributed by atoms with Gasteiger partial charge in [-0.05, 0) is 116 Å². The number of hydrogen-bond donors (Lipinski definition) is 0. The SMILES string of the molecule is CCCCC/C=C\C/C=C\CCCCCCCCCCCC(=O)OC[C@@H](COC(=O)CCCCCCC/C=C\C/C=C\CCCCC)OC(=O)CCCCCCCCC/C=C\C/C=C\CCCCC. The minimum atomic E-state index is -0.788. The molecule has 0 N–H and O–H groups in total. The van der Waals surface area contributed by atoms with Crippen LogP contribution in [0.1, 0.15) is 290 Å². The second kappa shape index (κ2) is 57.4. The van der Waals surface area contributed by atoms with Crippen molar-refractivity contribution in [2.75, 3.05) is 13.2 Å². The van der Waals surface area contributed by atoms with Crippen molar-refractivity contribution in [1.82, 2.24) is 0 Å². The Balaban J connectivity index is 4.40. The summed E-state index contributed by atoms with van der Waals surface area (Å²) in [6.45, 7) is 6.56. The predicted molar refractivity (Wildman–Crippen MR) is 298 cm³/mol. The number of hydrogen-bond acceptors (Lipinski definition) is 6. The summed E-state index contributed by atoms with van der Waals surface area (Å²) in [4.78, 5) is 38.2. The number of rotatable bonds is 53. The van der Waals surface area contributed by atoms with Gasteiger partial charge in [-0.25, -0.2) is 0 Å². The van der Waals surface area contributed by atoms with Crippen LogP contribution in [0, 0.1) is 0 Å². The maximum Gasteiger partial charge on any atom is 0.306 e. The molecule has 398 valence electrons. The van der Waals surface area contributed by atoms with E-state index in [1.807, 2.05) is 0 Å². The first kappa shape index (κ1) is 65.8. The lowest BCUT2D eigenvalue weighted by atomic mass is 10.1. The highest BCUT2D eigenvalue weighted by molar-refractivity contribution is 5.71. The minimum absolute atomic E-state index is 0.0849. The van der Waals surface area contributed by atoms with Crippen LogP contribution in [0.2, 0.25) is 0 Å². The summed E-state index contributed by atoms with van der Waals surface area (Å²) in [6, 6.07) is 0. The predicted octanol–water partition coefficient (Wildman–Crippen LogP) is 19.8. The first-order valence-electron chi connectivity index (χ1n) is 29.4. The van der Waals surface area contributed by atoms with Crippen molar-refractivity contribution >= 4 is 17.9 Å². The quantitative estimate of drug-likeness (QED) is 0.0262. The minimum Gasteiger partial charge on any atom is -0.462 e. The molecular weight excluding hydrogens is 853 g/mol. The molecule has 6 nitrogen and oxygen atoms in total. The molecule has 6 heteroatoms. The largest absolute Gasteiger partial charge is 0.462 e. The summed E-state index contributed by atoms with van der Waals surface area (Å²) in [5, 5.41) is 0. The van der Waals surface area contributed by atoms with Gasteiger partial charge in [0.05, 0.1) is 0 Å². The van der Waals surface area contributed by atoms with Crippen molar-refractivity contribution in [2.45, 2.75) is 297 Å². The van der Waals surface area contributed by atoms with Gasteiger partial charge in [0, 0.05) is 19.3 Å². The lowest BCUT2D eigenvalue weighted by molar-refractivity contribution is -0.167. The van der Waals surface area contributed by atoms with E-state index in [0.717, 1.165) is 96.3 Å². The smallest absolute Gasteiger partial charge is 0.306 e. The molecule has 0 amide bonds. The van der Waals surface area contributed by atoms with Crippen LogP contribution in [-0.4, -0.2) is 37.2 Å². The first-order valence-corrected chi connectivity index (χ1v) is 29.4. The molecule has 0 radical (unpaired) electrons. The maximum absolute atomic E-state index is 12.9. The Hall–Kier alpha value is -3.15. The summed E-state index contributed by atoms with van der Waals surface area (Å²) in [6.07, 6.45) is 73.1. The normalized spacial score (nSPS) is 12.6. The van der Waals surface area contributed by atoms with Gasteiger partial charge in [0.2, 0.25) is 0 Å². The van der Waals surface area contributed by atoms with E-state index >= 15 is 0 Å². The van der Waals surface area contributed by atoms with Gasteiger partial charge >= 0.3 is 17.9 Å². The summed E-state index contributed by atoms with van der Waals surface area (Å²) in [5.41, 5.74) is 0. The second-order valence-electron chi connectivity index (χ2n) is 19.5. The molecule has 0 aliphatic rings. The summed E-state index contributed by atoms with van der Waals surface area (Å²) in [5.74, 6) is -0.902. The van der Waals surface area contributed by atoms with Crippen LogP contribution in [0.4, 0.5) is 0 Å². The standard InChI is InChI=1S/C63H110O6/c1-4-7-10-13-16-19-22-25-28-30-31-33-35-38-41-44-47-50-53-56-62(65)68-59-60(58-67-61(64)55-52-49-46-43-40-37-34-27-24-21-18-15-12-9-6-3)69-63(66)57-54-51-48-45-42-39-36-32-29-26-23-20-17-14-11-8-5-2/h16-21,25-29,34,60H,4-15,22-24,30-33,35-59H2,1-3H3/b19-16-,20-17-,21-18-,28-25-,29-26-,34-27-/t60-/m1/s1. The number of ether oxygens (including phenoxy) is 3. The number of allylic oxidation sites excluding steroid dienone is 12. The van der Waals surface area contributed by atoms with Crippen LogP contribution < -0.4 is 0 Å². The average molecular weight is 964 g/mol. The fourth-order valence-corrected chi connectivity index (χ4v) is 8.18. The van der Waals surface area contributed by atoms with Crippen LogP contribution in [0.5, 0.6) is 0 Å². The van der Waals surface area contributed by atoms with Crippen molar-refractivity contribution in [3.05, 3.63) is 72.9 Å². The van der Waals surface area contributed by atoms with Crippen LogP contribution >= 0.6 is 0 Å². The van der Waals surface area contributed by atoms with E-state index in [-0.39, 0.29) is 31.1 Å². The van der Waals surface area contributed by atoms with Gasteiger partial charge in [-0.2, -0.15) is 0 Å². The topological polar surface area (TPSA) is 78.9 Å². The molecule has 0 saturated carbocycles. The van der Waals surface area contributed by atoms with E-state index in [2.05, 4.69) is 93.7 Å². The molecule has 0 bridgehead atoms. The molecule has 0 aliphatic heterocycles. The molecule has 0 fully saturated rings. The Kier molecular flexibility index (Phi) is 54.8. The molecule has 0 spiro atoms. The van der Waals surface area contributed by atoms with Crippen LogP contribution in [0.15, 0.2) is 72.9 Å². The Bertz CT molecular complexity index is 1290. The number of carbonyl (C=O) groups excluding carboxylic acids is 3. The van der Waals surface area contributed by atoms with Gasteiger partial charge < -0.3 is 14.2 Å². The summed E-state index contributed by atoms with van der Waals surface area (Å²) >= 11 is 0. The fourth-order valence-electron chi connectivity index (χ4n) is 8.18. The van der Waals surface area contributed by atoms with E-state index in [1.165, 1.54) is 154 Å². The third-order valence-electron chi connectivity index (χ3n) is 12.7. The van der Waals surface area contributed by atoms with Crippen LogP contribution in [0.3, 0.4) is 0 Å². The van der Waals surface area contributed by atoms with Gasteiger partial charge in [-0.1, -0.05) is 229 Å². The summed E-state index contributed by atoms with van der Waals surface area (Å²) < 4.78 is 16.9. The molecule has 0 aromatic heterocycles. The Morgan fingerprint density at radius 1 is 0.290 bits per heavy atom. The third-order valence-corrected chi connectivity index (χ3v) is 12.7. The zero-order valence-corrected chi connectivity index (χ0v) is 45.6. The molecule has 0 aromatic rings. The van der Waals surface area contributed by atoms with Gasteiger partial charge in [-0.15, -0.1) is 0 Å². The molecule has 69 heavy (non-hydrogen) atoms. The fraction of sp³-hybridized carbons (Fsp3) is 0.762. The van der Waals surface area contributed by atoms with E-state index in [9.17, 15) is 14.4 Å². The maximum atomic E-state index is 12.9. The summed E-state index contributed by atoms with van der Waals surface area (Å²) in [7, 11) is 0. The lowest BCUT2D eigenvalue weighted by Gasteiger charge is -2.18. The highest BCUT2D eigenvalue weighted by Gasteiger charge is 2.19. The number of unbranched alkanes of at least 4 members (excludes halogenated alkanes) is 30. The van der Waals surface area contributed by atoms with Crippen molar-refractivity contribution in [3.8, 4) is 0 Å². The average Bonchev–Trinajstić information content (AvgIpc) is 3.35. The van der Waals surface area contributed by atoms with Gasteiger partial charge in [0.1, 0.15) is 13.2 Å². The van der Waals surface area contributed by atoms with E-state index in [0.29, 0.717) is 19.3 Å². The van der Waals surface area contributed by atoms with Crippen LogP contribution in [-0.2, 0) is 28.6 Å². The van der Waals surface area contributed by atoms with Gasteiger partial charge in [0.15, 0.2) is 6.10 Å². The number of esters is 3. The molecule has 0 rings (SSSR count). The van der Waals surface area contributed by atoms with E-state index in [4.69, 9.17) is 14.2 Å². The Morgan fingerprint density at radius 3 is 0.797 bits per heavy atom. The zero-order valence-electron chi connectivity index (χ0n) is 45.6. The third kappa shape index (κ3) is 55.6. The highest BCUT2D eigenvalue weighted by Crippen LogP contribution is 2.15. The second-order valence-corrected chi connectivity index (χ2v) is 19.5. The molecule has 0 unspecified atom stereocenters. The Morgan fingerprint density at radius 2 is 0.522 bits per heavy atom. The molecule has 0 saturated heterocycles. The van der Waals surface area contributed by atoms with Gasteiger partial charge in [-0.3, -0.25) is 14.4 Å². The molecule has 0 aromatic carbocycles. The van der Waals surface area contributed by atoms with Crippen LogP contribution in [0.25, 0.3) is 0 Å². The molecule has 0 aliphatic carbocycles. The van der Waals surface area contributed by atoms with E-state index < -0.39 is 6.10 Å². The molecule has 0 heterocycles.